The molecular weight excluding hydrogens is 262 g/mol. The molecule has 21 heavy (non-hydrogen) atoms. The van der Waals surface area contributed by atoms with Gasteiger partial charge in [-0.25, -0.2) is 4.98 Å². The van der Waals surface area contributed by atoms with Crippen LogP contribution < -0.4 is 10.6 Å². The number of carbonyl (C=O) groups is 1. The SMILES string of the molecule is CNc1cc(C(=O)NCC2(C)CCC2)nc2ccccc12. The first-order valence-electron chi connectivity index (χ1n) is 7.47. The highest BCUT2D eigenvalue weighted by molar-refractivity contribution is 5.99. The molecule has 1 amide bonds. The number of carbonyl (C=O) groups excluding carboxylic acids is 1. The van der Waals surface area contributed by atoms with Crippen molar-refractivity contribution < 1.29 is 4.79 Å². The molecule has 0 saturated heterocycles. The molecule has 1 aliphatic carbocycles. The number of hydrogen-bond acceptors (Lipinski definition) is 3. The second-order valence-corrected chi connectivity index (χ2v) is 6.17. The van der Waals surface area contributed by atoms with Gasteiger partial charge >= 0.3 is 0 Å². The van der Waals surface area contributed by atoms with Gasteiger partial charge < -0.3 is 10.6 Å². The number of amides is 1. The van der Waals surface area contributed by atoms with Crippen molar-refractivity contribution in [2.24, 2.45) is 5.41 Å². The summed E-state index contributed by atoms with van der Waals surface area (Å²) in [7, 11) is 1.86. The summed E-state index contributed by atoms with van der Waals surface area (Å²) in [6.07, 6.45) is 3.66. The topological polar surface area (TPSA) is 54.0 Å². The molecule has 1 aromatic carbocycles. The third-order valence-corrected chi connectivity index (χ3v) is 4.45. The fraction of sp³-hybridized carbons (Fsp3) is 0.412. The lowest BCUT2D eigenvalue weighted by atomic mass is 9.70. The van der Waals surface area contributed by atoms with Crippen LogP contribution in [0.25, 0.3) is 10.9 Å². The van der Waals surface area contributed by atoms with Crippen LogP contribution in [0.3, 0.4) is 0 Å². The van der Waals surface area contributed by atoms with E-state index in [-0.39, 0.29) is 11.3 Å². The monoisotopic (exact) mass is 283 g/mol. The van der Waals surface area contributed by atoms with Crippen LogP contribution in [0.1, 0.15) is 36.7 Å². The fourth-order valence-corrected chi connectivity index (χ4v) is 2.84. The van der Waals surface area contributed by atoms with Crippen LogP contribution in [0.5, 0.6) is 0 Å². The second-order valence-electron chi connectivity index (χ2n) is 6.17. The number of pyridine rings is 1. The number of rotatable bonds is 4. The highest BCUT2D eigenvalue weighted by Gasteiger charge is 2.32. The van der Waals surface area contributed by atoms with Gasteiger partial charge in [-0.2, -0.15) is 0 Å². The molecule has 1 fully saturated rings. The number of para-hydroxylation sites is 1. The van der Waals surface area contributed by atoms with E-state index in [1.807, 2.05) is 37.4 Å². The van der Waals surface area contributed by atoms with Gasteiger partial charge in [0.1, 0.15) is 5.69 Å². The van der Waals surface area contributed by atoms with Crippen molar-refractivity contribution >= 4 is 22.5 Å². The molecule has 0 unspecified atom stereocenters. The summed E-state index contributed by atoms with van der Waals surface area (Å²) in [6.45, 7) is 2.96. The van der Waals surface area contributed by atoms with E-state index >= 15 is 0 Å². The second kappa shape index (κ2) is 5.35. The van der Waals surface area contributed by atoms with E-state index in [0.717, 1.165) is 23.1 Å². The molecule has 0 aliphatic heterocycles. The van der Waals surface area contributed by atoms with E-state index in [9.17, 15) is 4.79 Å². The van der Waals surface area contributed by atoms with Crippen LogP contribution in [-0.2, 0) is 0 Å². The van der Waals surface area contributed by atoms with Crippen LogP contribution in [0.4, 0.5) is 5.69 Å². The smallest absolute Gasteiger partial charge is 0.270 e. The Balaban J connectivity index is 1.84. The zero-order valence-electron chi connectivity index (χ0n) is 12.6. The molecule has 2 N–H and O–H groups in total. The Morgan fingerprint density at radius 1 is 1.33 bits per heavy atom. The van der Waals surface area contributed by atoms with Crippen LogP contribution >= 0.6 is 0 Å². The zero-order chi connectivity index (χ0) is 14.9. The van der Waals surface area contributed by atoms with Gasteiger partial charge in [-0.1, -0.05) is 31.5 Å². The number of nitrogens with zero attached hydrogens (tertiary/aromatic N) is 1. The molecule has 0 bridgehead atoms. The summed E-state index contributed by atoms with van der Waals surface area (Å²) in [4.78, 5) is 16.8. The highest BCUT2D eigenvalue weighted by atomic mass is 16.1. The molecule has 3 rings (SSSR count). The van der Waals surface area contributed by atoms with Crippen molar-refractivity contribution in [3.63, 3.8) is 0 Å². The molecule has 1 heterocycles. The Morgan fingerprint density at radius 2 is 2.10 bits per heavy atom. The third-order valence-electron chi connectivity index (χ3n) is 4.45. The minimum absolute atomic E-state index is 0.0922. The first-order chi connectivity index (χ1) is 10.1. The number of aromatic nitrogens is 1. The lowest BCUT2D eigenvalue weighted by Crippen LogP contribution is -2.40. The minimum atomic E-state index is -0.0922. The van der Waals surface area contributed by atoms with Crippen molar-refractivity contribution in [2.75, 3.05) is 18.9 Å². The maximum absolute atomic E-state index is 12.3. The normalized spacial score (nSPS) is 16.3. The van der Waals surface area contributed by atoms with Gasteiger partial charge in [-0.05, 0) is 30.4 Å². The Kier molecular flexibility index (Phi) is 3.53. The minimum Gasteiger partial charge on any atom is -0.388 e. The standard InChI is InChI=1S/C17H21N3O/c1-17(8-5-9-17)11-19-16(21)15-10-14(18-2)12-6-3-4-7-13(12)20-15/h3-4,6-7,10H,5,8-9,11H2,1-2H3,(H,18,20)(H,19,21). The van der Waals surface area contributed by atoms with Crippen LogP contribution in [-0.4, -0.2) is 24.5 Å². The first kappa shape index (κ1) is 13.9. The summed E-state index contributed by atoms with van der Waals surface area (Å²) in [6, 6.07) is 9.67. The van der Waals surface area contributed by atoms with Gasteiger partial charge in [-0.15, -0.1) is 0 Å². The van der Waals surface area contributed by atoms with E-state index in [4.69, 9.17) is 0 Å². The van der Waals surface area contributed by atoms with Crippen LogP contribution in [0.2, 0.25) is 0 Å². The Bertz CT molecular complexity index is 677. The summed E-state index contributed by atoms with van der Waals surface area (Å²) < 4.78 is 0. The van der Waals surface area contributed by atoms with Gasteiger partial charge in [-0.3, -0.25) is 4.79 Å². The molecule has 4 heteroatoms. The Morgan fingerprint density at radius 3 is 2.76 bits per heavy atom. The summed E-state index contributed by atoms with van der Waals surface area (Å²) in [5.41, 5.74) is 2.52. The van der Waals surface area contributed by atoms with E-state index < -0.39 is 0 Å². The predicted molar refractivity (Wildman–Crippen MR) is 85.6 cm³/mol. The molecule has 1 aromatic heterocycles. The van der Waals surface area contributed by atoms with Crippen molar-refractivity contribution in [3.05, 3.63) is 36.0 Å². The Labute approximate surface area is 125 Å². The van der Waals surface area contributed by atoms with Gasteiger partial charge in [0.2, 0.25) is 0 Å². The van der Waals surface area contributed by atoms with Gasteiger partial charge in [0.05, 0.1) is 5.52 Å². The van der Waals surface area contributed by atoms with Crippen LogP contribution in [0, 0.1) is 5.41 Å². The van der Waals surface area contributed by atoms with Gasteiger partial charge in [0.15, 0.2) is 0 Å². The summed E-state index contributed by atoms with van der Waals surface area (Å²) in [5, 5.41) is 7.20. The largest absolute Gasteiger partial charge is 0.388 e. The highest BCUT2D eigenvalue weighted by Crippen LogP contribution is 2.39. The summed E-state index contributed by atoms with van der Waals surface area (Å²) in [5.74, 6) is -0.0922. The van der Waals surface area contributed by atoms with Gasteiger partial charge in [0, 0.05) is 24.7 Å². The first-order valence-corrected chi connectivity index (χ1v) is 7.47. The van der Waals surface area contributed by atoms with Crippen molar-refractivity contribution in [2.45, 2.75) is 26.2 Å². The van der Waals surface area contributed by atoms with Crippen molar-refractivity contribution in [1.29, 1.82) is 0 Å². The van der Waals surface area contributed by atoms with Crippen LogP contribution in [0.15, 0.2) is 30.3 Å². The van der Waals surface area contributed by atoms with E-state index in [2.05, 4.69) is 22.5 Å². The lowest BCUT2D eigenvalue weighted by molar-refractivity contribution is 0.0886. The quantitative estimate of drug-likeness (QED) is 0.906. The van der Waals surface area contributed by atoms with Crippen molar-refractivity contribution in [1.82, 2.24) is 10.3 Å². The average Bonchev–Trinajstić information content (AvgIpc) is 2.49. The molecule has 0 spiro atoms. The fourth-order valence-electron chi connectivity index (χ4n) is 2.84. The van der Waals surface area contributed by atoms with E-state index in [1.165, 1.54) is 19.3 Å². The lowest BCUT2D eigenvalue weighted by Gasteiger charge is -2.38. The number of anilines is 1. The molecule has 1 aliphatic rings. The molecular formula is C17H21N3O. The summed E-state index contributed by atoms with van der Waals surface area (Å²) >= 11 is 0. The average molecular weight is 283 g/mol. The molecule has 110 valence electrons. The number of benzene rings is 1. The van der Waals surface area contributed by atoms with E-state index in [0.29, 0.717) is 5.69 Å². The van der Waals surface area contributed by atoms with Crippen molar-refractivity contribution in [3.8, 4) is 0 Å². The molecule has 1 saturated carbocycles. The maximum atomic E-state index is 12.3. The maximum Gasteiger partial charge on any atom is 0.270 e. The molecule has 4 nitrogen and oxygen atoms in total. The number of nitrogens with one attached hydrogen (secondary N) is 2. The van der Waals surface area contributed by atoms with Gasteiger partial charge in [0.25, 0.3) is 5.91 Å². The molecule has 0 atom stereocenters. The van der Waals surface area contributed by atoms with E-state index in [1.54, 1.807) is 0 Å². The number of hydrogen-bond donors (Lipinski definition) is 2. The predicted octanol–water partition coefficient (Wildman–Crippen LogP) is 3.20. The third kappa shape index (κ3) is 2.71. The molecule has 2 aromatic rings. The number of fused-ring (bicyclic) bond motifs is 1. The molecule has 0 radical (unpaired) electrons. The zero-order valence-corrected chi connectivity index (χ0v) is 12.6. The Hall–Kier alpha value is -2.10.